The molecule has 0 saturated carbocycles. The Labute approximate surface area is 77.0 Å². The van der Waals surface area contributed by atoms with Gasteiger partial charge < -0.3 is 9.74 Å². The van der Waals surface area contributed by atoms with Gasteiger partial charge in [0.1, 0.15) is 0 Å². The SMILES string of the molecule is CC.CCN(CC)CCONC. The molecular formula is C9H24N2O. The third-order valence-corrected chi connectivity index (χ3v) is 1.55. The molecule has 0 amide bonds. The molecule has 0 saturated heterocycles. The van der Waals surface area contributed by atoms with E-state index >= 15 is 0 Å². The highest BCUT2D eigenvalue weighted by Crippen LogP contribution is 1.84. The molecule has 3 nitrogen and oxygen atoms in total. The van der Waals surface area contributed by atoms with Gasteiger partial charge in [0, 0.05) is 13.6 Å². The second-order valence-corrected chi connectivity index (χ2v) is 2.08. The molecule has 1 N–H and O–H groups in total. The van der Waals surface area contributed by atoms with Crippen molar-refractivity contribution in [1.82, 2.24) is 10.4 Å². The Balaban J connectivity index is 0. The van der Waals surface area contributed by atoms with Crippen LogP contribution in [0.15, 0.2) is 0 Å². The standard InChI is InChI=1S/C7H18N2O.C2H6/c1-4-9(5-2)6-7-10-8-3;1-2/h8H,4-7H2,1-3H3;1-2H3. The Morgan fingerprint density at radius 1 is 1.17 bits per heavy atom. The second-order valence-electron chi connectivity index (χ2n) is 2.08. The molecule has 0 radical (unpaired) electrons. The molecule has 0 aromatic rings. The van der Waals surface area contributed by atoms with Crippen LogP contribution in [0.3, 0.4) is 0 Å². The molecule has 3 heteroatoms. The molecule has 0 rings (SSSR count). The molecule has 0 bridgehead atoms. The van der Waals surface area contributed by atoms with Gasteiger partial charge in [0.05, 0.1) is 6.61 Å². The lowest BCUT2D eigenvalue weighted by Crippen LogP contribution is -2.28. The van der Waals surface area contributed by atoms with Crippen molar-refractivity contribution in [3.63, 3.8) is 0 Å². The predicted molar refractivity (Wildman–Crippen MR) is 54.1 cm³/mol. The molecule has 0 aliphatic rings. The third kappa shape index (κ3) is 9.88. The summed E-state index contributed by atoms with van der Waals surface area (Å²) in [5.41, 5.74) is 2.64. The van der Waals surface area contributed by atoms with Crippen molar-refractivity contribution in [2.75, 3.05) is 33.3 Å². The molecule has 76 valence electrons. The van der Waals surface area contributed by atoms with Crippen molar-refractivity contribution in [3.8, 4) is 0 Å². The van der Waals surface area contributed by atoms with Crippen molar-refractivity contribution in [1.29, 1.82) is 0 Å². The van der Waals surface area contributed by atoms with Crippen LogP contribution in [-0.2, 0) is 4.84 Å². The van der Waals surface area contributed by atoms with E-state index in [2.05, 4.69) is 24.2 Å². The number of nitrogens with zero attached hydrogens (tertiary/aromatic N) is 1. The summed E-state index contributed by atoms with van der Waals surface area (Å²) in [7, 11) is 1.78. The van der Waals surface area contributed by atoms with E-state index in [0.717, 1.165) is 26.2 Å². The number of hydroxylamine groups is 1. The lowest BCUT2D eigenvalue weighted by atomic mass is 10.5. The van der Waals surface area contributed by atoms with Crippen molar-refractivity contribution in [3.05, 3.63) is 0 Å². The molecule has 0 fully saturated rings. The number of nitrogens with one attached hydrogen (secondary N) is 1. The van der Waals surface area contributed by atoms with Gasteiger partial charge in [0.15, 0.2) is 0 Å². The lowest BCUT2D eigenvalue weighted by Gasteiger charge is -2.16. The minimum Gasteiger partial charge on any atom is -0.302 e. The molecule has 0 aromatic carbocycles. The molecule has 0 heterocycles. The largest absolute Gasteiger partial charge is 0.302 e. The highest BCUT2D eigenvalue weighted by atomic mass is 16.6. The zero-order valence-corrected chi connectivity index (χ0v) is 9.18. The molecule has 12 heavy (non-hydrogen) atoms. The minimum atomic E-state index is 0.762. The average Bonchev–Trinajstić information content (AvgIpc) is 2.16. The highest BCUT2D eigenvalue weighted by Gasteiger charge is 1.96. The van der Waals surface area contributed by atoms with Gasteiger partial charge in [-0.2, -0.15) is 0 Å². The zero-order valence-electron chi connectivity index (χ0n) is 9.18. The molecule has 0 spiro atoms. The summed E-state index contributed by atoms with van der Waals surface area (Å²) in [6, 6.07) is 0. The van der Waals surface area contributed by atoms with E-state index < -0.39 is 0 Å². The maximum Gasteiger partial charge on any atom is 0.0809 e. The van der Waals surface area contributed by atoms with Gasteiger partial charge in [-0.1, -0.05) is 27.7 Å². The molecule has 0 unspecified atom stereocenters. The van der Waals surface area contributed by atoms with Crippen molar-refractivity contribution >= 4 is 0 Å². The van der Waals surface area contributed by atoms with Crippen LogP contribution in [0.4, 0.5) is 0 Å². The average molecular weight is 176 g/mol. The van der Waals surface area contributed by atoms with Gasteiger partial charge in [-0.3, -0.25) is 0 Å². The fraction of sp³-hybridized carbons (Fsp3) is 1.00. The normalized spacial score (nSPS) is 9.50. The third-order valence-electron chi connectivity index (χ3n) is 1.55. The zero-order chi connectivity index (χ0) is 9.82. The number of hydrogen-bond donors (Lipinski definition) is 1. The van der Waals surface area contributed by atoms with Gasteiger partial charge in [-0.25, -0.2) is 5.48 Å². The van der Waals surface area contributed by atoms with Crippen LogP contribution in [0.1, 0.15) is 27.7 Å². The first-order chi connectivity index (χ1) is 5.85. The first-order valence-electron chi connectivity index (χ1n) is 4.86. The summed E-state index contributed by atoms with van der Waals surface area (Å²) < 4.78 is 0. The summed E-state index contributed by atoms with van der Waals surface area (Å²) in [4.78, 5) is 7.29. The smallest absolute Gasteiger partial charge is 0.0809 e. The van der Waals surface area contributed by atoms with E-state index in [9.17, 15) is 0 Å². The Bertz CT molecular complexity index is 65.5. The first-order valence-corrected chi connectivity index (χ1v) is 4.86. The van der Waals surface area contributed by atoms with E-state index in [-0.39, 0.29) is 0 Å². The van der Waals surface area contributed by atoms with E-state index in [1.165, 1.54) is 0 Å². The predicted octanol–water partition coefficient (Wildman–Crippen LogP) is 1.51. The first kappa shape index (κ1) is 14.4. The van der Waals surface area contributed by atoms with E-state index in [0.29, 0.717) is 0 Å². The molecule has 0 aliphatic carbocycles. The van der Waals surface area contributed by atoms with Crippen LogP contribution in [0, 0.1) is 0 Å². The van der Waals surface area contributed by atoms with Crippen molar-refractivity contribution in [2.24, 2.45) is 0 Å². The highest BCUT2D eigenvalue weighted by molar-refractivity contribution is 4.48. The Morgan fingerprint density at radius 3 is 2.00 bits per heavy atom. The lowest BCUT2D eigenvalue weighted by molar-refractivity contribution is 0.0422. The maximum absolute atomic E-state index is 4.98. The van der Waals surface area contributed by atoms with Crippen LogP contribution < -0.4 is 5.48 Å². The second kappa shape index (κ2) is 13.5. The topological polar surface area (TPSA) is 24.5 Å². The summed E-state index contributed by atoms with van der Waals surface area (Å²) in [5.74, 6) is 0. The van der Waals surface area contributed by atoms with Crippen molar-refractivity contribution in [2.45, 2.75) is 27.7 Å². The van der Waals surface area contributed by atoms with E-state index in [1.807, 2.05) is 13.8 Å². The van der Waals surface area contributed by atoms with E-state index in [4.69, 9.17) is 4.84 Å². The van der Waals surface area contributed by atoms with E-state index in [1.54, 1.807) is 7.05 Å². The minimum absolute atomic E-state index is 0.762. The van der Waals surface area contributed by atoms with Gasteiger partial charge in [-0.15, -0.1) is 0 Å². The summed E-state index contributed by atoms with van der Waals surface area (Å²) in [6.45, 7) is 12.3. The van der Waals surface area contributed by atoms with Gasteiger partial charge in [0.25, 0.3) is 0 Å². The number of rotatable bonds is 6. The molecule has 0 aliphatic heterocycles. The number of hydrogen-bond acceptors (Lipinski definition) is 3. The quantitative estimate of drug-likeness (QED) is 0.490. The number of likely N-dealkylation sites (N-methyl/N-ethyl adjacent to an activating group) is 1. The van der Waals surface area contributed by atoms with Crippen LogP contribution in [0.5, 0.6) is 0 Å². The Hall–Kier alpha value is -0.120. The molecule has 0 aromatic heterocycles. The monoisotopic (exact) mass is 176 g/mol. The Morgan fingerprint density at radius 2 is 1.67 bits per heavy atom. The molecular weight excluding hydrogens is 152 g/mol. The van der Waals surface area contributed by atoms with Gasteiger partial charge >= 0.3 is 0 Å². The fourth-order valence-corrected chi connectivity index (χ4v) is 0.817. The van der Waals surface area contributed by atoms with Crippen LogP contribution >= 0.6 is 0 Å². The van der Waals surface area contributed by atoms with Crippen LogP contribution in [0.2, 0.25) is 0 Å². The van der Waals surface area contributed by atoms with Crippen LogP contribution in [0.25, 0.3) is 0 Å². The van der Waals surface area contributed by atoms with Gasteiger partial charge in [0.2, 0.25) is 0 Å². The maximum atomic E-state index is 4.98. The van der Waals surface area contributed by atoms with Gasteiger partial charge in [-0.05, 0) is 13.1 Å². The summed E-state index contributed by atoms with van der Waals surface area (Å²) in [6.07, 6.45) is 0. The molecule has 0 atom stereocenters. The summed E-state index contributed by atoms with van der Waals surface area (Å²) >= 11 is 0. The van der Waals surface area contributed by atoms with Crippen molar-refractivity contribution < 1.29 is 4.84 Å². The fourth-order valence-electron chi connectivity index (χ4n) is 0.817. The van der Waals surface area contributed by atoms with Crippen LogP contribution in [-0.4, -0.2) is 38.2 Å². The summed E-state index contributed by atoms with van der Waals surface area (Å²) in [5, 5.41) is 0. The Kier molecular flexibility index (Phi) is 16.2.